The molecule has 2 rings (SSSR count). The highest BCUT2D eigenvalue weighted by molar-refractivity contribution is 5.89. The van der Waals surface area contributed by atoms with Crippen LogP contribution in [0.2, 0.25) is 0 Å². The van der Waals surface area contributed by atoms with Crippen LogP contribution in [0.25, 0.3) is 11.0 Å². The van der Waals surface area contributed by atoms with Crippen LogP contribution in [0.5, 0.6) is 0 Å². The Bertz CT molecular complexity index is 750. The lowest BCUT2D eigenvalue weighted by molar-refractivity contribution is -0.386. The van der Waals surface area contributed by atoms with Crippen molar-refractivity contribution in [2.75, 3.05) is 0 Å². The highest BCUT2D eigenvalue weighted by Crippen LogP contribution is 2.14. The van der Waals surface area contributed by atoms with Crippen LogP contribution in [-0.2, 0) is 6.54 Å². The molecule has 8 nitrogen and oxygen atoms in total. The molecule has 0 aromatic carbocycles. The number of carboxylic acids is 1. The van der Waals surface area contributed by atoms with Crippen LogP contribution in [0.15, 0.2) is 23.1 Å². The lowest BCUT2D eigenvalue weighted by Gasteiger charge is -2.07. The van der Waals surface area contributed by atoms with Crippen molar-refractivity contribution in [3.8, 4) is 0 Å². The van der Waals surface area contributed by atoms with E-state index in [-0.39, 0.29) is 16.7 Å². The lowest BCUT2D eigenvalue weighted by atomic mass is 10.2. The van der Waals surface area contributed by atoms with Crippen molar-refractivity contribution in [3.05, 3.63) is 44.4 Å². The van der Waals surface area contributed by atoms with Crippen molar-refractivity contribution in [2.24, 2.45) is 0 Å². The second-order valence-electron chi connectivity index (χ2n) is 3.76. The van der Waals surface area contributed by atoms with Gasteiger partial charge in [0.25, 0.3) is 5.43 Å². The summed E-state index contributed by atoms with van der Waals surface area (Å²) in [7, 11) is 0. The number of rotatable bonds is 3. The Kier molecular flexibility index (Phi) is 2.99. The first-order valence-corrected chi connectivity index (χ1v) is 5.37. The molecule has 0 saturated heterocycles. The van der Waals surface area contributed by atoms with E-state index in [0.717, 1.165) is 12.3 Å². The second kappa shape index (κ2) is 4.48. The van der Waals surface area contributed by atoms with Crippen LogP contribution >= 0.6 is 0 Å². The highest BCUT2D eigenvalue weighted by Gasteiger charge is 2.19. The number of carboxylic acid groups (broad SMARTS) is 1. The van der Waals surface area contributed by atoms with Gasteiger partial charge in [-0.1, -0.05) is 0 Å². The molecule has 0 atom stereocenters. The van der Waals surface area contributed by atoms with Gasteiger partial charge in [-0.3, -0.25) is 14.9 Å². The minimum atomic E-state index is -1.23. The molecule has 2 aromatic rings. The Labute approximate surface area is 106 Å². The topological polar surface area (TPSA) is 115 Å². The maximum absolute atomic E-state index is 11.9. The van der Waals surface area contributed by atoms with Crippen LogP contribution in [0, 0.1) is 10.1 Å². The normalized spacial score (nSPS) is 10.6. The van der Waals surface area contributed by atoms with Crippen molar-refractivity contribution in [2.45, 2.75) is 13.5 Å². The first kappa shape index (κ1) is 12.7. The molecule has 0 aliphatic carbocycles. The van der Waals surface area contributed by atoms with E-state index in [1.54, 1.807) is 6.92 Å². The number of hydrogen-bond acceptors (Lipinski definition) is 5. The smallest absolute Gasteiger partial charge is 0.354 e. The number of aromatic carboxylic acids is 1. The number of hydrogen-bond donors (Lipinski definition) is 1. The van der Waals surface area contributed by atoms with Crippen LogP contribution in [0.1, 0.15) is 17.4 Å². The summed E-state index contributed by atoms with van der Waals surface area (Å²) in [5, 5.41) is 19.7. The molecule has 19 heavy (non-hydrogen) atoms. The Morgan fingerprint density at radius 3 is 2.74 bits per heavy atom. The van der Waals surface area contributed by atoms with Crippen LogP contribution < -0.4 is 5.43 Å². The summed E-state index contributed by atoms with van der Waals surface area (Å²) >= 11 is 0. The highest BCUT2D eigenvalue weighted by atomic mass is 16.6. The number of nitrogens with zero attached hydrogens (tertiary/aromatic N) is 3. The van der Waals surface area contributed by atoms with Crippen molar-refractivity contribution >= 4 is 22.7 Å². The molecule has 98 valence electrons. The summed E-state index contributed by atoms with van der Waals surface area (Å²) in [6, 6.07) is 2.39. The Morgan fingerprint density at radius 2 is 2.21 bits per heavy atom. The second-order valence-corrected chi connectivity index (χ2v) is 3.76. The van der Waals surface area contributed by atoms with E-state index in [0.29, 0.717) is 6.54 Å². The number of aryl methyl sites for hydroxylation is 1. The molecule has 1 N–H and O–H groups in total. The zero-order valence-corrected chi connectivity index (χ0v) is 9.86. The first-order valence-electron chi connectivity index (χ1n) is 5.37. The summed E-state index contributed by atoms with van der Waals surface area (Å²) in [6.07, 6.45) is 1.07. The summed E-state index contributed by atoms with van der Waals surface area (Å²) < 4.78 is 1.38. The summed E-state index contributed by atoms with van der Waals surface area (Å²) in [6.45, 7) is 2.04. The summed E-state index contributed by atoms with van der Waals surface area (Å²) in [5.74, 6) is -1.23. The fraction of sp³-hybridized carbons (Fsp3) is 0.182. The average molecular weight is 263 g/mol. The van der Waals surface area contributed by atoms with Crippen molar-refractivity contribution < 1.29 is 14.8 Å². The van der Waals surface area contributed by atoms with Crippen LogP contribution in [0.3, 0.4) is 0 Å². The average Bonchev–Trinajstić information content (AvgIpc) is 2.38. The molecular formula is C11H9N3O5. The third kappa shape index (κ3) is 2.03. The molecule has 0 amide bonds. The fourth-order valence-corrected chi connectivity index (χ4v) is 1.74. The molecule has 0 radical (unpaired) electrons. The van der Waals surface area contributed by atoms with Gasteiger partial charge in [-0.05, 0) is 19.1 Å². The van der Waals surface area contributed by atoms with Crippen LogP contribution in [-0.4, -0.2) is 25.6 Å². The predicted octanol–water partition coefficient (Wildman–Crippen LogP) is 1.02. The molecule has 0 fully saturated rings. The zero-order valence-electron chi connectivity index (χ0n) is 9.86. The van der Waals surface area contributed by atoms with Gasteiger partial charge in [-0.2, -0.15) is 0 Å². The molecule has 0 bridgehead atoms. The molecule has 0 aliphatic heterocycles. The van der Waals surface area contributed by atoms with Gasteiger partial charge in [0.05, 0.1) is 16.5 Å². The first-order chi connectivity index (χ1) is 8.95. The van der Waals surface area contributed by atoms with E-state index < -0.39 is 22.0 Å². The summed E-state index contributed by atoms with van der Waals surface area (Å²) in [4.78, 5) is 36.6. The molecule has 2 heterocycles. The van der Waals surface area contributed by atoms with Gasteiger partial charge in [0.15, 0.2) is 5.69 Å². The van der Waals surface area contributed by atoms with Gasteiger partial charge in [-0.25, -0.2) is 9.78 Å². The van der Waals surface area contributed by atoms with E-state index >= 15 is 0 Å². The third-order valence-corrected chi connectivity index (χ3v) is 2.66. The Morgan fingerprint density at radius 1 is 1.53 bits per heavy atom. The van der Waals surface area contributed by atoms with Gasteiger partial charge >= 0.3 is 11.7 Å². The molecule has 2 aromatic heterocycles. The molecule has 0 aliphatic rings. The minimum absolute atomic E-state index is 0.0288. The third-order valence-electron chi connectivity index (χ3n) is 2.66. The van der Waals surface area contributed by atoms with Gasteiger partial charge in [0.1, 0.15) is 5.65 Å². The Hall–Kier alpha value is -2.77. The number of carbonyl (C=O) groups is 1. The number of nitro groups is 1. The quantitative estimate of drug-likeness (QED) is 0.653. The fourth-order valence-electron chi connectivity index (χ4n) is 1.74. The molecule has 8 heteroatoms. The molecule has 0 unspecified atom stereocenters. The molecule has 0 spiro atoms. The van der Waals surface area contributed by atoms with Crippen molar-refractivity contribution in [3.63, 3.8) is 0 Å². The zero-order chi connectivity index (χ0) is 14.2. The lowest BCUT2D eigenvalue weighted by Crippen LogP contribution is -2.15. The predicted molar refractivity (Wildman–Crippen MR) is 65.3 cm³/mol. The van der Waals surface area contributed by atoms with Gasteiger partial charge in [0.2, 0.25) is 0 Å². The van der Waals surface area contributed by atoms with E-state index in [1.807, 2.05) is 0 Å². The molecule has 0 saturated carbocycles. The van der Waals surface area contributed by atoms with Gasteiger partial charge in [0, 0.05) is 6.54 Å². The summed E-state index contributed by atoms with van der Waals surface area (Å²) in [5.41, 5.74) is -1.42. The van der Waals surface area contributed by atoms with Crippen LogP contribution in [0.4, 0.5) is 5.69 Å². The maximum Gasteiger partial charge on any atom is 0.354 e. The Balaban J connectivity index is 2.90. The SMILES string of the molecule is CCn1cc([N+](=O)[O-])c(=O)c2ccc(C(=O)O)nc21. The largest absolute Gasteiger partial charge is 0.477 e. The maximum atomic E-state index is 11.9. The van der Waals surface area contributed by atoms with E-state index in [4.69, 9.17) is 5.11 Å². The minimum Gasteiger partial charge on any atom is -0.477 e. The van der Waals surface area contributed by atoms with E-state index in [1.165, 1.54) is 10.6 Å². The monoisotopic (exact) mass is 263 g/mol. The van der Waals surface area contributed by atoms with Gasteiger partial charge < -0.3 is 9.67 Å². The van der Waals surface area contributed by atoms with E-state index in [9.17, 15) is 19.7 Å². The van der Waals surface area contributed by atoms with Crippen molar-refractivity contribution in [1.82, 2.24) is 9.55 Å². The number of pyridine rings is 2. The van der Waals surface area contributed by atoms with Crippen molar-refractivity contribution in [1.29, 1.82) is 0 Å². The van der Waals surface area contributed by atoms with E-state index in [2.05, 4.69) is 4.98 Å². The standard InChI is InChI=1S/C11H9N3O5/c1-2-13-5-8(14(18)19)9(15)6-3-4-7(11(16)17)12-10(6)13/h3-5H,2H2,1H3,(H,16,17). The number of fused-ring (bicyclic) bond motifs is 1. The molecular weight excluding hydrogens is 254 g/mol. The number of aromatic nitrogens is 2. The van der Waals surface area contributed by atoms with Gasteiger partial charge in [-0.15, -0.1) is 0 Å².